The number of likely N-dealkylation sites (tertiary alicyclic amines) is 1. The van der Waals surface area contributed by atoms with E-state index >= 15 is 0 Å². The van der Waals surface area contributed by atoms with Gasteiger partial charge in [-0.1, -0.05) is 18.9 Å². The van der Waals surface area contributed by atoms with E-state index in [0.717, 1.165) is 6.42 Å². The van der Waals surface area contributed by atoms with Crippen molar-refractivity contribution in [3.8, 4) is 0 Å². The topological polar surface area (TPSA) is 23.5 Å². The van der Waals surface area contributed by atoms with Crippen LogP contribution in [0.4, 0.5) is 0 Å². The van der Waals surface area contributed by atoms with Crippen LogP contribution in [0.3, 0.4) is 0 Å². The molecule has 2 aliphatic rings. The first kappa shape index (κ1) is 12.1. The van der Waals surface area contributed by atoms with Crippen molar-refractivity contribution >= 4 is 0 Å². The molecular weight excluding hydrogens is 198 g/mol. The van der Waals surface area contributed by atoms with Crippen molar-refractivity contribution in [2.24, 2.45) is 5.92 Å². The maximum absolute atomic E-state index is 10.1. The number of hydrogen-bond acceptors (Lipinski definition) is 2. The van der Waals surface area contributed by atoms with Crippen LogP contribution in [-0.2, 0) is 0 Å². The molecule has 4 unspecified atom stereocenters. The molecule has 1 aliphatic heterocycles. The van der Waals surface area contributed by atoms with Crippen molar-refractivity contribution in [1.82, 2.24) is 4.90 Å². The lowest BCUT2D eigenvalue weighted by Crippen LogP contribution is -2.49. The Morgan fingerprint density at radius 3 is 2.69 bits per heavy atom. The summed E-state index contributed by atoms with van der Waals surface area (Å²) < 4.78 is 0. The average molecular weight is 223 g/mol. The Hall–Kier alpha value is -0.340. The first-order valence-corrected chi connectivity index (χ1v) is 6.80. The highest BCUT2D eigenvalue weighted by Crippen LogP contribution is 2.36. The van der Waals surface area contributed by atoms with Crippen LogP contribution >= 0.6 is 0 Å². The van der Waals surface area contributed by atoms with Crippen molar-refractivity contribution in [3.63, 3.8) is 0 Å². The molecule has 4 atom stereocenters. The molecule has 1 aliphatic carbocycles. The third-order valence-electron chi connectivity index (χ3n) is 4.48. The minimum absolute atomic E-state index is 0.0531. The van der Waals surface area contributed by atoms with E-state index in [9.17, 15) is 5.11 Å². The van der Waals surface area contributed by atoms with E-state index < -0.39 is 0 Å². The number of hydrogen-bond donors (Lipinski definition) is 1. The predicted molar refractivity (Wildman–Crippen MR) is 67.4 cm³/mol. The molecule has 0 amide bonds. The first-order chi connectivity index (χ1) is 7.74. The second kappa shape index (κ2) is 5.33. The van der Waals surface area contributed by atoms with Crippen LogP contribution in [0.15, 0.2) is 12.7 Å². The van der Waals surface area contributed by atoms with Crippen LogP contribution in [0.5, 0.6) is 0 Å². The zero-order valence-electron chi connectivity index (χ0n) is 10.4. The highest BCUT2D eigenvalue weighted by molar-refractivity contribution is 4.95. The van der Waals surface area contributed by atoms with E-state index in [1.165, 1.54) is 38.6 Å². The lowest BCUT2D eigenvalue weighted by molar-refractivity contribution is 0.0252. The number of nitrogens with zero attached hydrogens (tertiary/aromatic N) is 1. The van der Waals surface area contributed by atoms with Crippen molar-refractivity contribution in [2.45, 2.75) is 63.6 Å². The van der Waals surface area contributed by atoms with E-state index in [1.807, 2.05) is 6.08 Å². The van der Waals surface area contributed by atoms with Gasteiger partial charge in [0.15, 0.2) is 0 Å². The van der Waals surface area contributed by atoms with Crippen LogP contribution in [0, 0.1) is 5.92 Å². The van der Waals surface area contributed by atoms with Gasteiger partial charge in [-0.2, -0.15) is 0 Å². The molecule has 0 aromatic carbocycles. The van der Waals surface area contributed by atoms with Gasteiger partial charge in [0, 0.05) is 18.0 Å². The minimum atomic E-state index is -0.0531. The van der Waals surface area contributed by atoms with Gasteiger partial charge in [-0.25, -0.2) is 0 Å². The standard InChI is InChI=1S/C14H25NO/c1-3-11(2)15-10-5-4-8-13(15)12-7-6-9-14(12)16/h3,11-14,16H,1,4-10H2,2H3. The van der Waals surface area contributed by atoms with E-state index in [-0.39, 0.29) is 6.10 Å². The Balaban J connectivity index is 2.06. The Morgan fingerprint density at radius 2 is 2.06 bits per heavy atom. The van der Waals surface area contributed by atoms with Crippen LogP contribution in [0.2, 0.25) is 0 Å². The molecular formula is C14H25NO. The summed E-state index contributed by atoms with van der Waals surface area (Å²) in [5, 5.41) is 10.1. The van der Waals surface area contributed by atoms with Gasteiger partial charge in [0.05, 0.1) is 6.10 Å². The highest BCUT2D eigenvalue weighted by Gasteiger charge is 2.37. The predicted octanol–water partition coefficient (Wildman–Crippen LogP) is 2.58. The molecule has 1 saturated carbocycles. The molecule has 1 N–H and O–H groups in total. The minimum Gasteiger partial charge on any atom is -0.393 e. The molecule has 0 aromatic rings. The summed E-state index contributed by atoms with van der Waals surface area (Å²) >= 11 is 0. The SMILES string of the molecule is C=CC(C)N1CCCCC1C1CCCC1O. The van der Waals surface area contributed by atoms with Gasteiger partial charge in [-0.15, -0.1) is 6.58 Å². The Labute approximate surface area is 99.3 Å². The van der Waals surface area contributed by atoms with Crippen molar-refractivity contribution in [3.05, 3.63) is 12.7 Å². The second-order valence-electron chi connectivity index (χ2n) is 5.44. The molecule has 0 bridgehead atoms. The van der Waals surface area contributed by atoms with E-state index in [0.29, 0.717) is 18.0 Å². The Bertz CT molecular complexity index is 241. The monoisotopic (exact) mass is 223 g/mol. The largest absolute Gasteiger partial charge is 0.393 e. The Kier molecular flexibility index (Phi) is 4.04. The molecule has 16 heavy (non-hydrogen) atoms. The smallest absolute Gasteiger partial charge is 0.0583 e. The fraction of sp³-hybridized carbons (Fsp3) is 0.857. The maximum atomic E-state index is 10.1. The quantitative estimate of drug-likeness (QED) is 0.743. The van der Waals surface area contributed by atoms with E-state index in [2.05, 4.69) is 18.4 Å². The second-order valence-corrected chi connectivity index (χ2v) is 5.44. The van der Waals surface area contributed by atoms with Gasteiger partial charge in [-0.3, -0.25) is 4.90 Å². The van der Waals surface area contributed by atoms with Gasteiger partial charge in [0.25, 0.3) is 0 Å². The van der Waals surface area contributed by atoms with Crippen molar-refractivity contribution in [2.75, 3.05) is 6.54 Å². The summed E-state index contributed by atoms with van der Waals surface area (Å²) in [6, 6.07) is 1.05. The van der Waals surface area contributed by atoms with E-state index in [1.54, 1.807) is 0 Å². The lowest BCUT2D eigenvalue weighted by Gasteiger charge is -2.43. The third kappa shape index (κ3) is 2.33. The highest BCUT2D eigenvalue weighted by atomic mass is 16.3. The van der Waals surface area contributed by atoms with Gasteiger partial charge in [-0.05, 0) is 39.2 Å². The third-order valence-corrected chi connectivity index (χ3v) is 4.48. The molecule has 2 heteroatoms. The zero-order valence-corrected chi connectivity index (χ0v) is 10.4. The fourth-order valence-electron chi connectivity index (χ4n) is 3.50. The van der Waals surface area contributed by atoms with E-state index in [4.69, 9.17) is 0 Å². The number of rotatable bonds is 3. The lowest BCUT2D eigenvalue weighted by atomic mass is 9.87. The Morgan fingerprint density at radius 1 is 1.25 bits per heavy atom. The van der Waals surface area contributed by atoms with Crippen LogP contribution in [0.1, 0.15) is 45.4 Å². The molecule has 2 rings (SSSR count). The molecule has 0 radical (unpaired) electrons. The first-order valence-electron chi connectivity index (χ1n) is 6.80. The molecule has 2 fully saturated rings. The van der Waals surface area contributed by atoms with Crippen molar-refractivity contribution in [1.29, 1.82) is 0 Å². The van der Waals surface area contributed by atoms with Crippen LogP contribution in [-0.4, -0.2) is 34.7 Å². The molecule has 0 aromatic heterocycles. The zero-order chi connectivity index (χ0) is 11.5. The van der Waals surface area contributed by atoms with Gasteiger partial charge >= 0.3 is 0 Å². The average Bonchev–Trinajstić information content (AvgIpc) is 2.74. The number of piperidine rings is 1. The fourth-order valence-corrected chi connectivity index (χ4v) is 3.50. The van der Waals surface area contributed by atoms with Crippen molar-refractivity contribution < 1.29 is 5.11 Å². The molecule has 1 saturated heterocycles. The molecule has 0 spiro atoms. The summed E-state index contributed by atoms with van der Waals surface area (Å²) in [5.41, 5.74) is 0. The maximum Gasteiger partial charge on any atom is 0.0583 e. The number of aliphatic hydroxyl groups is 1. The molecule has 1 heterocycles. The summed E-state index contributed by atoms with van der Waals surface area (Å²) in [7, 11) is 0. The number of aliphatic hydroxyl groups excluding tert-OH is 1. The normalized spacial score (nSPS) is 38.5. The summed E-state index contributed by atoms with van der Waals surface area (Å²) in [6.07, 6.45) is 9.32. The summed E-state index contributed by atoms with van der Waals surface area (Å²) in [6.45, 7) is 7.32. The molecule has 92 valence electrons. The van der Waals surface area contributed by atoms with Gasteiger partial charge < -0.3 is 5.11 Å². The van der Waals surface area contributed by atoms with Crippen LogP contribution in [0.25, 0.3) is 0 Å². The van der Waals surface area contributed by atoms with Gasteiger partial charge in [0.1, 0.15) is 0 Å². The van der Waals surface area contributed by atoms with Gasteiger partial charge in [0.2, 0.25) is 0 Å². The molecule has 2 nitrogen and oxygen atoms in total. The summed E-state index contributed by atoms with van der Waals surface area (Å²) in [5.74, 6) is 0.516. The summed E-state index contributed by atoms with van der Waals surface area (Å²) in [4.78, 5) is 2.57. The van der Waals surface area contributed by atoms with Crippen LogP contribution < -0.4 is 0 Å².